The number of ether oxygens (including phenoxy) is 1. The Morgan fingerprint density at radius 3 is 2.68 bits per heavy atom. The standard InChI is InChI=1S/C23H28ClN3O3S/c24-18-6-4-7-19(12-18)30-16-23(13-21(28)26-9-2-1-3-10-26)8-5-11-27(15-23)22(29)20-14-25-17-31-20/h4,6-7,12,14,17H,1-3,5,8-11,13,15-16H2/t23-/m1/s1. The van der Waals surface area contributed by atoms with Crippen LogP contribution in [-0.2, 0) is 4.79 Å². The van der Waals surface area contributed by atoms with Gasteiger partial charge in [0.2, 0.25) is 5.91 Å². The third kappa shape index (κ3) is 5.57. The first-order valence-corrected chi connectivity index (χ1v) is 12.1. The summed E-state index contributed by atoms with van der Waals surface area (Å²) in [6.07, 6.45) is 7.01. The number of rotatable bonds is 6. The summed E-state index contributed by atoms with van der Waals surface area (Å²) in [6.45, 7) is 3.22. The number of hydrogen-bond donors (Lipinski definition) is 0. The SMILES string of the molecule is O=C(C[C@]1(COc2cccc(Cl)c2)CCCN(C(=O)c2cncs2)C1)N1CCCCC1. The van der Waals surface area contributed by atoms with Crippen LogP contribution in [0.3, 0.4) is 0 Å². The molecule has 6 nitrogen and oxygen atoms in total. The molecule has 0 spiro atoms. The number of aromatic nitrogens is 1. The third-order valence-corrected chi connectivity index (χ3v) is 7.16. The maximum absolute atomic E-state index is 13.2. The molecule has 0 aliphatic carbocycles. The summed E-state index contributed by atoms with van der Waals surface area (Å²) in [5.74, 6) is 0.837. The van der Waals surface area contributed by atoms with Gasteiger partial charge in [-0.05, 0) is 50.3 Å². The van der Waals surface area contributed by atoms with E-state index in [1.165, 1.54) is 17.8 Å². The number of likely N-dealkylation sites (tertiary alicyclic amines) is 2. The van der Waals surface area contributed by atoms with E-state index in [1.807, 2.05) is 21.9 Å². The van der Waals surface area contributed by atoms with Crippen LogP contribution in [0.4, 0.5) is 0 Å². The summed E-state index contributed by atoms with van der Waals surface area (Å²) in [6, 6.07) is 7.31. The van der Waals surface area contributed by atoms with Crippen LogP contribution in [0.25, 0.3) is 0 Å². The summed E-state index contributed by atoms with van der Waals surface area (Å²) in [4.78, 5) is 34.7. The van der Waals surface area contributed by atoms with Crippen molar-refractivity contribution in [2.24, 2.45) is 5.41 Å². The molecule has 1 aromatic carbocycles. The highest BCUT2D eigenvalue weighted by Gasteiger charge is 2.41. The van der Waals surface area contributed by atoms with Crippen molar-refractivity contribution in [3.05, 3.63) is 45.9 Å². The Bertz CT molecular complexity index is 901. The van der Waals surface area contributed by atoms with Crippen molar-refractivity contribution in [3.8, 4) is 5.75 Å². The Hall–Kier alpha value is -2.12. The highest BCUT2D eigenvalue weighted by atomic mass is 35.5. The van der Waals surface area contributed by atoms with Gasteiger partial charge in [-0.3, -0.25) is 14.6 Å². The van der Waals surface area contributed by atoms with Crippen LogP contribution in [-0.4, -0.2) is 59.4 Å². The van der Waals surface area contributed by atoms with Gasteiger partial charge in [-0.25, -0.2) is 0 Å². The molecule has 0 unspecified atom stereocenters. The van der Waals surface area contributed by atoms with Gasteiger partial charge in [0, 0.05) is 43.0 Å². The molecule has 8 heteroatoms. The number of halogens is 1. The molecule has 2 fully saturated rings. The first-order valence-electron chi connectivity index (χ1n) is 10.9. The summed E-state index contributed by atoms with van der Waals surface area (Å²) in [5.41, 5.74) is 1.25. The second-order valence-corrected chi connectivity index (χ2v) is 9.88. The topological polar surface area (TPSA) is 62.7 Å². The number of nitrogens with zero attached hydrogens (tertiary/aromatic N) is 3. The van der Waals surface area contributed by atoms with Crippen LogP contribution in [0.15, 0.2) is 36.0 Å². The summed E-state index contributed by atoms with van der Waals surface area (Å²) in [5, 5.41) is 0.613. The smallest absolute Gasteiger partial charge is 0.265 e. The maximum Gasteiger partial charge on any atom is 0.265 e. The van der Waals surface area contributed by atoms with E-state index in [0.29, 0.717) is 41.8 Å². The number of carbonyl (C=O) groups excluding carboxylic acids is 2. The lowest BCUT2D eigenvalue weighted by atomic mass is 9.77. The summed E-state index contributed by atoms with van der Waals surface area (Å²) in [7, 11) is 0. The first kappa shape index (κ1) is 22.1. The molecule has 31 heavy (non-hydrogen) atoms. The van der Waals surface area contributed by atoms with Crippen LogP contribution in [0.1, 0.15) is 48.2 Å². The summed E-state index contributed by atoms with van der Waals surface area (Å²) >= 11 is 7.46. The van der Waals surface area contributed by atoms with Crippen molar-refractivity contribution in [2.45, 2.75) is 38.5 Å². The highest BCUT2D eigenvalue weighted by molar-refractivity contribution is 7.11. The van der Waals surface area contributed by atoms with Crippen LogP contribution in [0, 0.1) is 5.41 Å². The Balaban J connectivity index is 1.52. The monoisotopic (exact) mass is 461 g/mol. The second-order valence-electron chi connectivity index (χ2n) is 8.56. The van der Waals surface area contributed by atoms with E-state index in [9.17, 15) is 9.59 Å². The molecule has 0 bridgehead atoms. The Morgan fingerprint density at radius 1 is 1.13 bits per heavy atom. The minimum Gasteiger partial charge on any atom is -0.493 e. The Labute approximate surface area is 192 Å². The predicted octanol–water partition coefficient (Wildman–Crippen LogP) is 4.50. The molecule has 0 radical (unpaired) electrons. The Kier molecular flexibility index (Phi) is 7.13. The minimum atomic E-state index is -0.421. The fraction of sp³-hybridized carbons (Fsp3) is 0.522. The number of hydrogen-bond acceptors (Lipinski definition) is 5. The maximum atomic E-state index is 13.2. The van der Waals surface area contributed by atoms with Crippen molar-refractivity contribution in [3.63, 3.8) is 0 Å². The molecule has 2 aromatic rings. The summed E-state index contributed by atoms with van der Waals surface area (Å²) < 4.78 is 6.13. The molecule has 0 saturated carbocycles. The van der Waals surface area contributed by atoms with E-state index in [0.717, 1.165) is 38.8 Å². The largest absolute Gasteiger partial charge is 0.493 e. The van der Waals surface area contributed by atoms with Crippen molar-refractivity contribution < 1.29 is 14.3 Å². The van der Waals surface area contributed by atoms with Gasteiger partial charge in [0.25, 0.3) is 5.91 Å². The molecule has 3 heterocycles. The van der Waals surface area contributed by atoms with Gasteiger partial charge in [-0.2, -0.15) is 0 Å². The van der Waals surface area contributed by atoms with Gasteiger partial charge in [-0.1, -0.05) is 17.7 Å². The predicted molar refractivity (Wildman–Crippen MR) is 122 cm³/mol. The van der Waals surface area contributed by atoms with Crippen molar-refractivity contribution in [2.75, 3.05) is 32.8 Å². The van der Waals surface area contributed by atoms with Crippen LogP contribution in [0.5, 0.6) is 5.75 Å². The lowest BCUT2D eigenvalue weighted by Gasteiger charge is -2.43. The molecule has 1 atom stereocenters. The molecule has 166 valence electrons. The van der Waals surface area contributed by atoms with E-state index in [4.69, 9.17) is 16.3 Å². The fourth-order valence-electron chi connectivity index (χ4n) is 4.54. The molecular weight excluding hydrogens is 434 g/mol. The molecule has 2 aliphatic rings. The zero-order valence-corrected chi connectivity index (χ0v) is 19.2. The van der Waals surface area contributed by atoms with Crippen LogP contribution < -0.4 is 4.74 Å². The van der Waals surface area contributed by atoms with Crippen molar-refractivity contribution in [1.29, 1.82) is 0 Å². The van der Waals surface area contributed by atoms with Crippen LogP contribution >= 0.6 is 22.9 Å². The third-order valence-electron chi connectivity index (χ3n) is 6.17. The average molecular weight is 462 g/mol. The first-order chi connectivity index (χ1) is 15.0. The molecular formula is C23H28ClN3O3S. The highest BCUT2D eigenvalue weighted by Crippen LogP contribution is 2.36. The van der Waals surface area contributed by atoms with Gasteiger partial charge < -0.3 is 14.5 Å². The average Bonchev–Trinajstić information content (AvgIpc) is 3.33. The van der Waals surface area contributed by atoms with E-state index in [1.54, 1.807) is 23.8 Å². The zero-order chi connectivity index (χ0) is 21.7. The number of piperidine rings is 2. The van der Waals surface area contributed by atoms with Gasteiger partial charge >= 0.3 is 0 Å². The lowest BCUT2D eigenvalue weighted by Crippen LogP contribution is -2.51. The van der Waals surface area contributed by atoms with Crippen molar-refractivity contribution >= 4 is 34.8 Å². The van der Waals surface area contributed by atoms with E-state index < -0.39 is 5.41 Å². The van der Waals surface area contributed by atoms with Gasteiger partial charge in [0.1, 0.15) is 10.6 Å². The number of thiazole rings is 1. The molecule has 4 rings (SSSR count). The molecule has 2 aliphatic heterocycles. The Morgan fingerprint density at radius 2 is 1.94 bits per heavy atom. The molecule has 2 saturated heterocycles. The molecule has 2 amide bonds. The zero-order valence-electron chi connectivity index (χ0n) is 17.6. The molecule has 1 aromatic heterocycles. The lowest BCUT2D eigenvalue weighted by molar-refractivity contribution is -0.136. The minimum absolute atomic E-state index is 0.0141. The van der Waals surface area contributed by atoms with Gasteiger partial charge in [0.05, 0.1) is 18.3 Å². The fourth-order valence-corrected chi connectivity index (χ4v) is 5.31. The van der Waals surface area contributed by atoms with Crippen LogP contribution in [0.2, 0.25) is 5.02 Å². The van der Waals surface area contributed by atoms with E-state index in [-0.39, 0.29) is 11.8 Å². The van der Waals surface area contributed by atoms with E-state index in [2.05, 4.69) is 4.98 Å². The van der Waals surface area contributed by atoms with E-state index >= 15 is 0 Å². The van der Waals surface area contributed by atoms with Crippen molar-refractivity contribution in [1.82, 2.24) is 14.8 Å². The van der Waals surface area contributed by atoms with Gasteiger partial charge in [0.15, 0.2) is 0 Å². The van der Waals surface area contributed by atoms with Gasteiger partial charge in [-0.15, -0.1) is 11.3 Å². The normalized spacial score (nSPS) is 21.7. The second kappa shape index (κ2) is 10.0. The number of carbonyl (C=O) groups is 2. The molecule has 0 N–H and O–H groups in total. The number of benzene rings is 1. The number of amides is 2. The quantitative estimate of drug-likeness (QED) is 0.635.